The van der Waals surface area contributed by atoms with E-state index < -0.39 is 11.5 Å². The number of nitrogens with zero attached hydrogens (tertiary/aromatic N) is 1. The molecule has 2 rings (SSSR count). The second-order valence-corrected chi connectivity index (χ2v) is 4.44. The quantitative estimate of drug-likeness (QED) is 0.784. The maximum Gasteiger partial charge on any atom is 0.314 e. The maximum absolute atomic E-state index is 11.6. The third kappa shape index (κ3) is 1.90. The predicted octanol–water partition coefficient (Wildman–Crippen LogP) is 1.54. The van der Waals surface area contributed by atoms with Crippen LogP contribution in [0.3, 0.4) is 0 Å². The Morgan fingerprint density at radius 2 is 2.12 bits per heavy atom. The van der Waals surface area contributed by atoms with Gasteiger partial charge in [0.2, 0.25) is 0 Å². The number of aliphatic hydroxyl groups is 1. The van der Waals surface area contributed by atoms with Gasteiger partial charge in [-0.15, -0.1) is 0 Å². The molecule has 0 spiro atoms. The molecule has 0 saturated carbocycles. The van der Waals surface area contributed by atoms with Gasteiger partial charge in [-0.3, -0.25) is 4.79 Å². The zero-order chi connectivity index (χ0) is 12.5. The van der Waals surface area contributed by atoms with Crippen molar-refractivity contribution in [1.29, 1.82) is 5.26 Å². The van der Waals surface area contributed by atoms with Crippen molar-refractivity contribution in [1.82, 2.24) is 0 Å². The second kappa shape index (κ2) is 4.19. The molecule has 1 aliphatic rings. The van der Waals surface area contributed by atoms with E-state index in [4.69, 9.17) is 10.00 Å². The topological polar surface area (TPSA) is 70.3 Å². The number of cyclic esters (lactones) is 1. The molecule has 2 atom stereocenters. The molecular formula is C13H13NO3. The number of aliphatic hydroxyl groups excluding tert-OH is 1. The lowest BCUT2D eigenvalue weighted by Gasteiger charge is -2.25. The summed E-state index contributed by atoms with van der Waals surface area (Å²) in [5.74, 6) is -0.366. The van der Waals surface area contributed by atoms with E-state index in [0.29, 0.717) is 24.2 Å². The van der Waals surface area contributed by atoms with E-state index in [1.807, 2.05) is 6.07 Å². The lowest BCUT2D eigenvalue weighted by Crippen LogP contribution is -2.30. The summed E-state index contributed by atoms with van der Waals surface area (Å²) in [6.45, 7) is 2.05. The van der Waals surface area contributed by atoms with Gasteiger partial charge in [-0.25, -0.2) is 0 Å². The molecule has 0 amide bonds. The van der Waals surface area contributed by atoms with Crippen molar-refractivity contribution < 1.29 is 14.6 Å². The van der Waals surface area contributed by atoms with Crippen LogP contribution in [-0.2, 0) is 9.53 Å². The monoisotopic (exact) mass is 231 g/mol. The molecule has 1 fully saturated rings. The molecule has 0 aliphatic carbocycles. The highest BCUT2D eigenvalue weighted by Crippen LogP contribution is 2.41. The number of ether oxygens (including phenoxy) is 1. The number of rotatable bonds is 2. The molecule has 0 aromatic heterocycles. The number of esters is 1. The van der Waals surface area contributed by atoms with E-state index in [2.05, 4.69) is 0 Å². The van der Waals surface area contributed by atoms with E-state index in [1.54, 1.807) is 31.2 Å². The largest absolute Gasteiger partial charge is 0.465 e. The molecule has 1 N–H and O–H groups in total. The molecule has 4 heteroatoms. The van der Waals surface area contributed by atoms with Crippen molar-refractivity contribution >= 4 is 5.97 Å². The van der Waals surface area contributed by atoms with Gasteiger partial charge in [0.05, 0.1) is 29.8 Å². The Morgan fingerprint density at radius 3 is 2.59 bits per heavy atom. The van der Waals surface area contributed by atoms with Crippen LogP contribution in [0.4, 0.5) is 0 Å². The highest BCUT2D eigenvalue weighted by Gasteiger charge is 2.46. The summed E-state index contributed by atoms with van der Waals surface area (Å²) in [6, 6.07) is 8.60. The minimum Gasteiger partial charge on any atom is -0.465 e. The summed E-state index contributed by atoms with van der Waals surface area (Å²) in [5, 5.41) is 18.9. The summed E-state index contributed by atoms with van der Waals surface area (Å²) in [7, 11) is 0. The first kappa shape index (κ1) is 11.6. The van der Waals surface area contributed by atoms with E-state index in [0.717, 1.165) is 0 Å². The standard InChI is InChI=1S/C13H13NO3/c1-13(6-7-17-12(13)16)11(15)10-4-2-9(8-14)3-5-10/h2-5,11,15H,6-7H2,1H3/t11-,13+/m0/s1. The smallest absolute Gasteiger partial charge is 0.314 e. The third-order valence-electron chi connectivity index (χ3n) is 3.28. The fraction of sp³-hybridized carbons (Fsp3) is 0.385. The van der Waals surface area contributed by atoms with Crippen molar-refractivity contribution in [3.63, 3.8) is 0 Å². The third-order valence-corrected chi connectivity index (χ3v) is 3.28. The number of hydrogen-bond acceptors (Lipinski definition) is 4. The summed E-state index contributed by atoms with van der Waals surface area (Å²) >= 11 is 0. The van der Waals surface area contributed by atoms with Crippen LogP contribution in [0.5, 0.6) is 0 Å². The predicted molar refractivity (Wildman–Crippen MR) is 59.8 cm³/mol. The minimum absolute atomic E-state index is 0.350. The molecule has 4 nitrogen and oxygen atoms in total. The first-order valence-electron chi connectivity index (χ1n) is 5.43. The Balaban J connectivity index is 2.27. The summed E-state index contributed by atoms with van der Waals surface area (Å²) in [4.78, 5) is 11.6. The van der Waals surface area contributed by atoms with Gasteiger partial charge in [0.15, 0.2) is 0 Å². The normalized spacial score (nSPS) is 25.1. The van der Waals surface area contributed by atoms with Gasteiger partial charge in [0.25, 0.3) is 0 Å². The average Bonchev–Trinajstić information content (AvgIpc) is 2.70. The number of hydrogen-bond donors (Lipinski definition) is 1. The zero-order valence-corrected chi connectivity index (χ0v) is 9.51. The Kier molecular flexibility index (Phi) is 2.86. The molecule has 0 bridgehead atoms. The molecule has 1 heterocycles. The summed E-state index contributed by atoms with van der Waals surface area (Å²) in [5.41, 5.74) is 0.277. The molecule has 1 aromatic carbocycles. The average molecular weight is 231 g/mol. The fourth-order valence-corrected chi connectivity index (χ4v) is 1.98. The van der Waals surface area contributed by atoms with Gasteiger partial charge < -0.3 is 9.84 Å². The second-order valence-electron chi connectivity index (χ2n) is 4.44. The Labute approximate surface area is 99.4 Å². The molecule has 1 aromatic rings. The first-order valence-corrected chi connectivity index (χ1v) is 5.43. The van der Waals surface area contributed by atoms with Crippen LogP contribution < -0.4 is 0 Å². The summed E-state index contributed by atoms with van der Waals surface area (Å²) in [6.07, 6.45) is -0.391. The number of carbonyl (C=O) groups is 1. The highest BCUT2D eigenvalue weighted by atomic mass is 16.5. The molecule has 0 unspecified atom stereocenters. The van der Waals surface area contributed by atoms with E-state index in [1.165, 1.54) is 0 Å². The molecule has 88 valence electrons. The number of benzene rings is 1. The molecular weight excluding hydrogens is 218 g/mol. The Hall–Kier alpha value is -1.86. The van der Waals surface area contributed by atoms with Crippen molar-refractivity contribution in [3.8, 4) is 6.07 Å². The van der Waals surface area contributed by atoms with E-state index in [9.17, 15) is 9.90 Å². The molecule has 1 aliphatic heterocycles. The van der Waals surface area contributed by atoms with Crippen LogP contribution in [0.1, 0.15) is 30.6 Å². The van der Waals surface area contributed by atoms with E-state index in [-0.39, 0.29) is 5.97 Å². The zero-order valence-electron chi connectivity index (χ0n) is 9.51. The highest BCUT2D eigenvalue weighted by molar-refractivity contribution is 5.79. The molecule has 1 saturated heterocycles. The van der Waals surface area contributed by atoms with Gasteiger partial charge in [-0.1, -0.05) is 12.1 Å². The van der Waals surface area contributed by atoms with Crippen LogP contribution in [-0.4, -0.2) is 17.7 Å². The number of nitriles is 1. The Morgan fingerprint density at radius 1 is 1.47 bits per heavy atom. The van der Waals surface area contributed by atoms with Crippen molar-refractivity contribution in [2.24, 2.45) is 5.41 Å². The lowest BCUT2D eigenvalue weighted by molar-refractivity contribution is -0.150. The fourth-order valence-electron chi connectivity index (χ4n) is 1.98. The van der Waals surface area contributed by atoms with Crippen LogP contribution >= 0.6 is 0 Å². The van der Waals surface area contributed by atoms with Gasteiger partial charge in [-0.05, 0) is 24.6 Å². The lowest BCUT2D eigenvalue weighted by atomic mass is 9.79. The maximum atomic E-state index is 11.6. The van der Waals surface area contributed by atoms with Crippen molar-refractivity contribution in [2.75, 3.05) is 6.61 Å². The van der Waals surface area contributed by atoms with Crippen LogP contribution in [0.2, 0.25) is 0 Å². The van der Waals surface area contributed by atoms with E-state index >= 15 is 0 Å². The molecule has 17 heavy (non-hydrogen) atoms. The van der Waals surface area contributed by atoms with Crippen LogP contribution in [0.25, 0.3) is 0 Å². The van der Waals surface area contributed by atoms with Crippen molar-refractivity contribution in [2.45, 2.75) is 19.4 Å². The number of carbonyl (C=O) groups excluding carboxylic acids is 1. The minimum atomic E-state index is -0.898. The molecule has 0 radical (unpaired) electrons. The van der Waals surface area contributed by atoms with Gasteiger partial charge >= 0.3 is 5.97 Å². The van der Waals surface area contributed by atoms with Gasteiger partial charge in [0, 0.05) is 6.42 Å². The van der Waals surface area contributed by atoms with Crippen molar-refractivity contribution in [3.05, 3.63) is 35.4 Å². The summed E-state index contributed by atoms with van der Waals surface area (Å²) < 4.78 is 4.90. The first-order chi connectivity index (χ1) is 8.08. The van der Waals surface area contributed by atoms with Gasteiger partial charge in [0.1, 0.15) is 0 Å². The van der Waals surface area contributed by atoms with Gasteiger partial charge in [-0.2, -0.15) is 5.26 Å². The Bertz CT molecular complexity index is 474. The van der Waals surface area contributed by atoms with Crippen LogP contribution in [0.15, 0.2) is 24.3 Å². The van der Waals surface area contributed by atoms with Crippen LogP contribution in [0, 0.1) is 16.7 Å². The SMILES string of the molecule is C[C@]1([C@@H](O)c2ccc(C#N)cc2)CCOC1=O.